The van der Waals surface area contributed by atoms with E-state index in [1.807, 2.05) is 0 Å². The van der Waals surface area contributed by atoms with E-state index in [0.717, 1.165) is 0 Å². The van der Waals surface area contributed by atoms with Crippen LogP contribution in [-0.2, 0) is 6.61 Å². The molecule has 14 heavy (non-hydrogen) atoms. The highest BCUT2D eigenvalue weighted by Crippen LogP contribution is 2.48. The molecule has 0 amide bonds. The van der Waals surface area contributed by atoms with Gasteiger partial charge in [0.15, 0.2) is 0 Å². The van der Waals surface area contributed by atoms with Crippen molar-refractivity contribution >= 4 is 11.6 Å². The van der Waals surface area contributed by atoms with E-state index in [1.54, 1.807) is 32.0 Å². The Bertz CT molecular complexity index is 402. The highest BCUT2D eigenvalue weighted by Gasteiger charge is 2.40. The maximum atomic E-state index is 9.16. The molecule has 0 bridgehead atoms. The van der Waals surface area contributed by atoms with Crippen LogP contribution in [0.5, 0.6) is 5.75 Å². The SMILES string of the molecule is [2H]C1(Cl)c2cccc(CO)c2OC1(C)C. The molecule has 0 radical (unpaired) electrons. The third-order valence-corrected chi connectivity index (χ3v) is 3.05. The summed E-state index contributed by atoms with van der Waals surface area (Å²) >= 11 is 6.18. The number of ether oxygens (including phenoxy) is 1. The first-order valence-electron chi connectivity index (χ1n) is 5.01. The molecule has 1 heterocycles. The zero-order chi connectivity index (χ0) is 11.3. The molecule has 0 spiro atoms. The minimum absolute atomic E-state index is 0.105. The normalized spacial score (nSPS) is 29.3. The second-order valence-electron chi connectivity index (χ2n) is 3.88. The van der Waals surface area contributed by atoms with Crippen molar-refractivity contribution in [3.63, 3.8) is 0 Å². The molecule has 0 fully saturated rings. The highest BCUT2D eigenvalue weighted by molar-refractivity contribution is 6.22. The lowest BCUT2D eigenvalue weighted by Crippen LogP contribution is -2.27. The van der Waals surface area contributed by atoms with E-state index in [4.69, 9.17) is 22.8 Å². The van der Waals surface area contributed by atoms with Gasteiger partial charge in [-0.15, -0.1) is 11.6 Å². The topological polar surface area (TPSA) is 29.5 Å². The Morgan fingerprint density at radius 2 is 2.36 bits per heavy atom. The Morgan fingerprint density at radius 1 is 1.64 bits per heavy atom. The van der Waals surface area contributed by atoms with Gasteiger partial charge in [0, 0.05) is 11.1 Å². The molecule has 0 saturated heterocycles. The summed E-state index contributed by atoms with van der Waals surface area (Å²) in [5.41, 5.74) is 0.512. The van der Waals surface area contributed by atoms with Crippen LogP contribution >= 0.6 is 11.6 Å². The quantitative estimate of drug-likeness (QED) is 0.727. The fourth-order valence-corrected chi connectivity index (χ4v) is 1.81. The van der Waals surface area contributed by atoms with E-state index in [-0.39, 0.29) is 6.61 Å². The molecule has 1 atom stereocenters. The molecule has 1 aromatic rings. The van der Waals surface area contributed by atoms with Gasteiger partial charge in [-0.2, -0.15) is 0 Å². The van der Waals surface area contributed by atoms with Crippen molar-refractivity contribution < 1.29 is 11.2 Å². The first-order valence-corrected chi connectivity index (χ1v) is 4.89. The molecular weight excluding hydrogens is 200 g/mol. The third kappa shape index (κ3) is 1.30. The summed E-state index contributed by atoms with van der Waals surface area (Å²) in [5, 5.41) is 7.86. The number of benzene rings is 1. The molecule has 0 aliphatic carbocycles. The largest absolute Gasteiger partial charge is 0.485 e. The van der Waals surface area contributed by atoms with Crippen molar-refractivity contribution in [3.05, 3.63) is 29.3 Å². The number of fused-ring (bicyclic) bond motifs is 1. The summed E-state index contributed by atoms with van der Waals surface area (Å²) < 4.78 is 13.8. The second kappa shape index (κ2) is 3.14. The first kappa shape index (κ1) is 8.57. The van der Waals surface area contributed by atoms with Crippen LogP contribution in [0.3, 0.4) is 0 Å². The second-order valence-corrected chi connectivity index (χ2v) is 4.26. The molecule has 2 nitrogen and oxygen atoms in total. The van der Waals surface area contributed by atoms with Crippen LogP contribution < -0.4 is 4.74 Å². The van der Waals surface area contributed by atoms with Crippen LogP contribution in [0.1, 0.15) is 31.7 Å². The van der Waals surface area contributed by atoms with Gasteiger partial charge < -0.3 is 9.84 Å². The summed E-state index contributed by atoms with van der Waals surface area (Å²) in [4.78, 5) is 0. The highest BCUT2D eigenvalue weighted by atomic mass is 35.5. The molecule has 1 N–H and O–H groups in total. The lowest BCUT2D eigenvalue weighted by atomic mass is 10.00. The van der Waals surface area contributed by atoms with E-state index < -0.39 is 11.0 Å². The van der Waals surface area contributed by atoms with Gasteiger partial charge >= 0.3 is 0 Å². The molecule has 2 rings (SSSR count). The van der Waals surface area contributed by atoms with Crippen LogP contribution in [0.2, 0.25) is 0 Å². The Morgan fingerprint density at radius 3 is 3.00 bits per heavy atom. The van der Waals surface area contributed by atoms with Gasteiger partial charge in [0.2, 0.25) is 0 Å². The van der Waals surface area contributed by atoms with Gasteiger partial charge in [0.05, 0.1) is 7.98 Å². The number of aliphatic hydroxyl groups excluding tert-OH is 1. The van der Waals surface area contributed by atoms with Crippen molar-refractivity contribution in [2.45, 2.75) is 31.4 Å². The Labute approximate surface area is 89.9 Å². The lowest BCUT2D eigenvalue weighted by molar-refractivity contribution is 0.130. The molecule has 0 saturated carbocycles. The van der Waals surface area contributed by atoms with Crippen molar-refractivity contribution in [2.24, 2.45) is 0 Å². The number of halogens is 1. The fraction of sp³-hybridized carbons (Fsp3) is 0.455. The minimum atomic E-state index is -1.30. The van der Waals surface area contributed by atoms with Gasteiger partial charge in [0.1, 0.15) is 16.7 Å². The predicted octanol–water partition coefficient (Wildman–Crippen LogP) is 2.63. The van der Waals surface area contributed by atoms with E-state index in [0.29, 0.717) is 16.9 Å². The van der Waals surface area contributed by atoms with Crippen molar-refractivity contribution in [2.75, 3.05) is 0 Å². The van der Waals surface area contributed by atoms with Gasteiger partial charge in [0.25, 0.3) is 0 Å². The molecule has 76 valence electrons. The number of alkyl halides is 1. The van der Waals surface area contributed by atoms with E-state index in [2.05, 4.69) is 0 Å². The first-order chi connectivity index (χ1) is 6.90. The smallest absolute Gasteiger partial charge is 0.130 e. The monoisotopic (exact) mass is 213 g/mol. The van der Waals surface area contributed by atoms with Crippen LogP contribution in [-0.4, -0.2) is 10.7 Å². The van der Waals surface area contributed by atoms with Crippen LogP contribution in [0.4, 0.5) is 0 Å². The van der Waals surface area contributed by atoms with Crippen molar-refractivity contribution in [3.8, 4) is 5.75 Å². The minimum Gasteiger partial charge on any atom is -0.485 e. The summed E-state index contributed by atoms with van der Waals surface area (Å²) in [7, 11) is 0. The third-order valence-electron chi connectivity index (χ3n) is 2.39. The van der Waals surface area contributed by atoms with Crippen molar-refractivity contribution in [1.82, 2.24) is 0 Å². The zero-order valence-electron chi connectivity index (χ0n) is 9.17. The summed E-state index contributed by atoms with van der Waals surface area (Å²) in [6.07, 6.45) is 0. The van der Waals surface area contributed by atoms with Gasteiger partial charge in [-0.25, -0.2) is 0 Å². The molecule has 1 aliphatic heterocycles. The average molecular weight is 214 g/mol. The Hall–Kier alpha value is -0.730. The zero-order valence-corrected chi connectivity index (χ0v) is 8.93. The molecule has 3 heteroatoms. The van der Waals surface area contributed by atoms with E-state index in [1.165, 1.54) is 0 Å². The maximum Gasteiger partial charge on any atom is 0.130 e. The molecular formula is C11H13ClO2. The molecule has 1 aromatic carbocycles. The average Bonchev–Trinajstić information content (AvgIpc) is 2.34. The summed E-state index contributed by atoms with van der Waals surface area (Å²) in [5.74, 6) is 0.551. The van der Waals surface area contributed by atoms with E-state index >= 15 is 0 Å². The summed E-state index contributed by atoms with van der Waals surface area (Å²) in [6.45, 7) is 3.44. The van der Waals surface area contributed by atoms with Crippen LogP contribution in [0, 0.1) is 0 Å². The Kier molecular flexibility index (Phi) is 1.92. The van der Waals surface area contributed by atoms with Crippen molar-refractivity contribution in [1.29, 1.82) is 0 Å². The number of rotatable bonds is 1. The number of aliphatic hydroxyl groups is 1. The van der Waals surface area contributed by atoms with Crippen LogP contribution in [0.25, 0.3) is 0 Å². The lowest BCUT2D eigenvalue weighted by Gasteiger charge is -2.21. The van der Waals surface area contributed by atoms with Crippen LogP contribution in [0.15, 0.2) is 18.2 Å². The van der Waals surface area contributed by atoms with E-state index in [9.17, 15) is 0 Å². The fourth-order valence-electron chi connectivity index (χ4n) is 1.63. The number of para-hydroxylation sites is 1. The maximum absolute atomic E-state index is 9.16. The molecule has 1 aliphatic rings. The Balaban J connectivity index is 2.62. The summed E-state index contributed by atoms with van der Waals surface area (Å²) in [6, 6.07) is 5.32. The number of hydrogen-bond donors (Lipinski definition) is 1. The predicted molar refractivity (Wildman–Crippen MR) is 55.7 cm³/mol. The number of hydrogen-bond acceptors (Lipinski definition) is 2. The molecule has 1 unspecified atom stereocenters. The molecule has 0 aromatic heterocycles. The van der Waals surface area contributed by atoms with Gasteiger partial charge in [-0.3, -0.25) is 0 Å². The van der Waals surface area contributed by atoms with Gasteiger partial charge in [-0.1, -0.05) is 18.2 Å². The standard InChI is InChI=1S/C11H13ClO2/c1-11(2)10(12)8-5-3-4-7(6-13)9(8)14-11/h3-5,10,13H,6H2,1-2H3/i10D. The van der Waals surface area contributed by atoms with Gasteiger partial charge in [-0.05, 0) is 13.8 Å².